The average molecular weight is 292 g/mol. The van der Waals surface area contributed by atoms with Gasteiger partial charge < -0.3 is 5.84 Å². The summed E-state index contributed by atoms with van der Waals surface area (Å²) >= 11 is 0. The molecule has 0 unspecified atom stereocenters. The Morgan fingerprint density at radius 3 is 2.30 bits per heavy atom. The Hall–Kier alpha value is -1.62. The van der Waals surface area contributed by atoms with Crippen molar-refractivity contribution in [3.8, 4) is 0 Å². The number of hydrogen-bond acceptors (Lipinski definition) is 4. The molecule has 0 spiro atoms. The minimum absolute atomic E-state index is 0.0159. The highest BCUT2D eigenvalue weighted by Crippen LogP contribution is 2.40. The summed E-state index contributed by atoms with van der Waals surface area (Å²) in [5.41, 5.74) is 1.29. The maximum absolute atomic E-state index is 12.8. The van der Waals surface area contributed by atoms with Crippen LogP contribution in [0.3, 0.4) is 0 Å². The maximum Gasteiger partial charge on any atom is 0.208 e. The molecule has 2 rings (SSSR count). The highest BCUT2D eigenvalue weighted by molar-refractivity contribution is 7.96. The Morgan fingerprint density at radius 1 is 1.15 bits per heavy atom. The molecule has 108 valence electrons. The Balaban J connectivity index is 2.61. The standard InChI is InChI=1S/C15H20N2O2S/c1-11-9-15(2,3)10-13(17-16)14(11)20(18,19)12-7-5-4-6-8-12/h4-8H,9-10,16H2,1-3H3. The molecule has 0 radical (unpaired) electrons. The smallest absolute Gasteiger partial charge is 0.208 e. The molecule has 0 aromatic heterocycles. The molecule has 0 atom stereocenters. The quantitative estimate of drug-likeness (QED) is 0.673. The van der Waals surface area contributed by atoms with E-state index in [1.54, 1.807) is 30.3 Å². The molecule has 1 aromatic rings. The number of nitrogens with two attached hydrogens (primary N) is 1. The van der Waals surface area contributed by atoms with E-state index in [-0.39, 0.29) is 10.3 Å². The third-order valence-electron chi connectivity index (χ3n) is 3.52. The van der Waals surface area contributed by atoms with E-state index in [9.17, 15) is 8.42 Å². The van der Waals surface area contributed by atoms with Gasteiger partial charge in [0.05, 0.1) is 15.5 Å². The molecular formula is C15H20N2O2S. The van der Waals surface area contributed by atoms with Gasteiger partial charge in [-0.15, -0.1) is 0 Å². The van der Waals surface area contributed by atoms with E-state index in [1.807, 2.05) is 6.92 Å². The molecule has 1 aliphatic rings. The highest BCUT2D eigenvalue weighted by atomic mass is 32.2. The van der Waals surface area contributed by atoms with Crippen LogP contribution in [0.2, 0.25) is 0 Å². The van der Waals surface area contributed by atoms with Gasteiger partial charge in [0.25, 0.3) is 0 Å². The molecule has 0 saturated heterocycles. The minimum atomic E-state index is -3.55. The van der Waals surface area contributed by atoms with Crippen molar-refractivity contribution >= 4 is 15.5 Å². The molecule has 4 nitrogen and oxygen atoms in total. The molecule has 0 amide bonds. The number of allylic oxidation sites excluding steroid dienone is 2. The van der Waals surface area contributed by atoms with E-state index in [0.717, 1.165) is 12.0 Å². The zero-order chi connectivity index (χ0) is 15.0. The van der Waals surface area contributed by atoms with Crippen LogP contribution in [0.25, 0.3) is 0 Å². The minimum Gasteiger partial charge on any atom is -0.323 e. The van der Waals surface area contributed by atoms with Gasteiger partial charge >= 0.3 is 0 Å². The van der Waals surface area contributed by atoms with Gasteiger partial charge in [0.15, 0.2) is 0 Å². The average Bonchev–Trinajstić information content (AvgIpc) is 2.37. The molecule has 2 N–H and O–H groups in total. The van der Waals surface area contributed by atoms with E-state index in [2.05, 4.69) is 18.9 Å². The summed E-state index contributed by atoms with van der Waals surface area (Å²) in [6.45, 7) is 6.03. The molecule has 20 heavy (non-hydrogen) atoms. The van der Waals surface area contributed by atoms with Crippen LogP contribution in [0.5, 0.6) is 0 Å². The SMILES string of the molecule is CC1=C(S(=O)(=O)c2ccccc2)C(=NN)CC(C)(C)C1. The molecule has 0 fully saturated rings. The Bertz CT molecular complexity index is 671. The molecule has 1 aromatic carbocycles. The van der Waals surface area contributed by atoms with Gasteiger partial charge in [-0.2, -0.15) is 5.10 Å². The van der Waals surface area contributed by atoms with Crippen molar-refractivity contribution in [2.75, 3.05) is 0 Å². The zero-order valence-electron chi connectivity index (χ0n) is 12.1. The molecule has 0 aliphatic heterocycles. The Labute approximate surface area is 120 Å². The fourth-order valence-corrected chi connectivity index (χ4v) is 4.56. The van der Waals surface area contributed by atoms with Crippen LogP contribution in [-0.2, 0) is 9.84 Å². The second kappa shape index (κ2) is 5.05. The molecule has 5 heteroatoms. The summed E-state index contributed by atoms with van der Waals surface area (Å²) < 4.78 is 25.6. The van der Waals surface area contributed by atoms with Crippen molar-refractivity contribution in [3.63, 3.8) is 0 Å². The molecule has 1 aliphatic carbocycles. The van der Waals surface area contributed by atoms with Crippen molar-refractivity contribution in [2.45, 2.75) is 38.5 Å². The Morgan fingerprint density at radius 2 is 1.75 bits per heavy atom. The van der Waals surface area contributed by atoms with Gasteiger partial charge in [-0.1, -0.05) is 37.6 Å². The highest BCUT2D eigenvalue weighted by Gasteiger charge is 2.36. The van der Waals surface area contributed by atoms with Crippen LogP contribution in [0.4, 0.5) is 0 Å². The Kier molecular flexibility index (Phi) is 3.73. The fourth-order valence-electron chi connectivity index (χ4n) is 2.85. The maximum atomic E-state index is 12.8. The van der Waals surface area contributed by atoms with Crippen molar-refractivity contribution < 1.29 is 8.42 Å². The topological polar surface area (TPSA) is 72.5 Å². The van der Waals surface area contributed by atoms with E-state index < -0.39 is 9.84 Å². The van der Waals surface area contributed by atoms with Gasteiger partial charge in [-0.05, 0) is 37.3 Å². The monoisotopic (exact) mass is 292 g/mol. The summed E-state index contributed by atoms with van der Waals surface area (Å²) in [6.07, 6.45) is 1.30. The molecule has 0 bridgehead atoms. The van der Waals surface area contributed by atoms with E-state index >= 15 is 0 Å². The van der Waals surface area contributed by atoms with Gasteiger partial charge in [-0.25, -0.2) is 8.42 Å². The number of benzene rings is 1. The summed E-state index contributed by atoms with van der Waals surface area (Å²) in [4.78, 5) is 0.584. The van der Waals surface area contributed by atoms with Gasteiger partial charge in [0, 0.05) is 0 Å². The van der Waals surface area contributed by atoms with E-state index in [4.69, 9.17) is 5.84 Å². The van der Waals surface area contributed by atoms with Crippen LogP contribution in [-0.4, -0.2) is 14.1 Å². The van der Waals surface area contributed by atoms with Crippen molar-refractivity contribution in [3.05, 3.63) is 40.8 Å². The lowest BCUT2D eigenvalue weighted by molar-refractivity contribution is 0.372. The van der Waals surface area contributed by atoms with Crippen LogP contribution in [0.15, 0.2) is 50.8 Å². The molecule has 0 saturated carbocycles. The second-order valence-electron chi connectivity index (χ2n) is 6.02. The van der Waals surface area contributed by atoms with Gasteiger partial charge in [-0.3, -0.25) is 0 Å². The summed E-state index contributed by atoms with van der Waals surface area (Å²) in [6, 6.07) is 8.43. The first-order valence-corrected chi connectivity index (χ1v) is 8.03. The summed E-state index contributed by atoms with van der Waals surface area (Å²) in [7, 11) is -3.55. The number of rotatable bonds is 2. The first-order valence-electron chi connectivity index (χ1n) is 6.55. The number of hydrazone groups is 1. The van der Waals surface area contributed by atoms with Crippen LogP contribution in [0.1, 0.15) is 33.6 Å². The summed E-state index contributed by atoms with van der Waals surface area (Å²) in [5.74, 6) is 5.44. The predicted molar refractivity (Wildman–Crippen MR) is 81.0 cm³/mol. The van der Waals surface area contributed by atoms with Gasteiger partial charge in [0.2, 0.25) is 9.84 Å². The summed E-state index contributed by atoms with van der Waals surface area (Å²) in [5, 5.41) is 3.75. The predicted octanol–water partition coefficient (Wildman–Crippen LogP) is 2.87. The lowest BCUT2D eigenvalue weighted by Gasteiger charge is -2.32. The normalized spacial score (nSPS) is 21.2. The second-order valence-corrected chi connectivity index (χ2v) is 7.91. The first-order chi connectivity index (χ1) is 9.28. The van der Waals surface area contributed by atoms with E-state index in [0.29, 0.717) is 17.0 Å². The van der Waals surface area contributed by atoms with Gasteiger partial charge in [0.1, 0.15) is 0 Å². The number of nitrogens with zero attached hydrogens (tertiary/aromatic N) is 1. The largest absolute Gasteiger partial charge is 0.323 e. The third-order valence-corrected chi connectivity index (χ3v) is 5.53. The molecule has 0 heterocycles. The van der Waals surface area contributed by atoms with Crippen LogP contribution < -0.4 is 5.84 Å². The van der Waals surface area contributed by atoms with Crippen molar-refractivity contribution in [1.29, 1.82) is 0 Å². The number of sulfone groups is 1. The van der Waals surface area contributed by atoms with Crippen molar-refractivity contribution in [2.24, 2.45) is 16.4 Å². The fraction of sp³-hybridized carbons (Fsp3) is 0.400. The lowest BCUT2D eigenvalue weighted by atomic mass is 9.77. The lowest BCUT2D eigenvalue weighted by Crippen LogP contribution is -2.29. The molecular weight excluding hydrogens is 272 g/mol. The first kappa shape index (κ1) is 14.8. The van der Waals surface area contributed by atoms with Crippen LogP contribution in [0, 0.1) is 5.41 Å². The van der Waals surface area contributed by atoms with Crippen molar-refractivity contribution in [1.82, 2.24) is 0 Å². The number of hydrogen-bond donors (Lipinski definition) is 1. The third kappa shape index (κ3) is 2.63. The van der Waals surface area contributed by atoms with Crippen LogP contribution >= 0.6 is 0 Å². The zero-order valence-corrected chi connectivity index (χ0v) is 12.9. The van der Waals surface area contributed by atoms with E-state index in [1.165, 1.54) is 0 Å².